The molecule has 1 aromatic heterocycles. The van der Waals surface area contributed by atoms with Crippen LogP contribution in [0.3, 0.4) is 0 Å². The lowest BCUT2D eigenvalue weighted by atomic mass is 9.82. The van der Waals surface area contributed by atoms with Crippen LogP contribution in [0.25, 0.3) is 0 Å². The predicted molar refractivity (Wildman–Crippen MR) is 86.5 cm³/mol. The van der Waals surface area contributed by atoms with E-state index in [4.69, 9.17) is 4.74 Å². The summed E-state index contributed by atoms with van der Waals surface area (Å²) in [6.45, 7) is 1.98. The van der Waals surface area contributed by atoms with Crippen molar-refractivity contribution in [1.82, 2.24) is 15.1 Å². The van der Waals surface area contributed by atoms with Crippen LogP contribution in [0.5, 0.6) is 0 Å². The second-order valence-corrected chi connectivity index (χ2v) is 7.59. The van der Waals surface area contributed by atoms with Crippen molar-refractivity contribution in [3.8, 4) is 0 Å². The predicted octanol–water partition coefficient (Wildman–Crippen LogP) is 3.06. The minimum atomic E-state index is 0.225. The Morgan fingerprint density at radius 3 is 2.91 bits per heavy atom. The summed E-state index contributed by atoms with van der Waals surface area (Å²) in [6, 6.07) is 2.85. The molecule has 3 aliphatic rings. The van der Waals surface area contributed by atoms with Gasteiger partial charge in [-0.1, -0.05) is 12.8 Å². The van der Waals surface area contributed by atoms with Gasteiger partial charge in [0.2, 0.25) is 0 Å². The van der Waals surface area contributed by atoms with Gasteiger partial charge in [-0.05, 0) is 50.0 Å². The summed E-state index contributed by atoms with van der Waals surface area (Å²) in [4.78, 5) is 0. The molecule has 1 N–H and O–H groups in total. The molecule has 1 aromatic rings. The summed E-state index contributed by atoms with van der Waals surface area (Å²) in [5, 5.41) is 8.18. The first kappa shape index (κ1) is 14.7. The Bertz CT molecular complexity index is 496. The zero-order chi connectivity index (χ0) is 14.9. The van der Waals surface area contributed by atoms with E-state index in [1.165, 1.54) is 50.6 Å². The quantitative estimate of drug-likeness (QED) is 0.908. The van der Waals surface area contributed by atoms with Gasteiger partial charge in [-0.3, -0.25) is 4.68 Å². The molecule has 2 aliphatic carbocycles. The molecule has 1 saturated heterocycles. The molecule has 0 unspecified atom stereocenters. The normalized spacial score (nSPS) is 35.9. The van der Waals surface area contributed by atoms with Gasteiger partial charge in [-0.25, -0.2) is 0 Å². The standard InChI is InChI=1S/C18H29N3O/c1-21-17(7-9-20-21)18-15(8-10-22-18)12-19-16-4-2-3-14(11-16)13-5-6-13/h7,9,13-16,18-19H,2-6,8,10-12H2,1H3/t14-,15-,16-,18+/m0/s1. The van der Waals surface area contributed by atoms with Gasteiger partial charge in [0.25, 0.3) is 0 Å². The van der Waals surface area contributed by atoms with Gasteiger partial charge in [-0.15, -0.1) is 0 Å². The van der Waals surface area contributed by atoms with Crippen LogP contribution in [-0.4, -0.2) is 29.0 Å². The molecule has 1 aliphatic heterocycles. The molecule has 0 aromatic carbocycles. The maximum Gasteiger partial charge on any atom is 0.103 e. The second-order valence-electron chi connectivity index (χ2n) is 7.59. The molecule has 0 bridgehead atoms. The van der Waals surface area contributed by atoms with Crippen LogP contribution in [0.2, 0.25) is 0 Å². The minimum Gasteiger partial charge on any atom is -0.372 e. The van der Waals surface area contributed by atoms with Crippen molar-refractivity contribution in [2.75, 3.05) is 13.2 Å². The van der Waals surface area contributed by atoms with Crippen molar-refractivity contribution in [3.05, 3.63) is 18.0 Å². The van der Waals surface area contributed by atoms with E-state index in [0.29, 0.717) is 5.92 Å². The Morgan fingerprint density at radius 2 is 2.14 bits per heavy atom. The lowest BCUT2D eigenvalue weighted by Gasteiger charge is -2.31. The maximum absolute atomic E-state index is 6.00. The van der Waals surface area contributed by atoms with Crippen LogP contribution in [-0.2, 0) is 11.8 Å². The van der Waals surface area contributed by atoms with Gasteiger partial charge in [0.1, 0.15) is 6.10 Å². The van der Waals surface area contributed by atoms with E-state index in [-0.39, 0.29) is 6.10 Å². The summed E-state index contributed by atoms with van der Waals surface area (Å²) in [5.74, 6) is 2.68. The lowest BCUT2D eigenvalue weighted by molar-refractivity contribution is 0.0823. The molecule has 4 heteroatoms. The van der Waals surface area contributed by atoms with Gasteiger partial charge in [0.15, 0.2) is 0 Å². The third kappa shape index (κ3) is 3.09. The first-order valence-electron chi connectivity index (χ1n) is 9.14. The molecule has 0 spiro atoms. The number of hydrogen-bond acceptors (Lipinski definition) is 3. The van der Waals surface area contributed by atoms with Gasteiger partial charge >= 0.3 is 0 Å². The summed E-state index contributed by atoms with van der Waals surface area (Å²) < 4.78 is 7.96. The highest BCUT2D eigenvalue weighted by Crippen LogP contribution is 2.44. The van der Waals surface area contributed by atoms with Crippen molar-refractivity contribution in [3.63, 3.8) is 0 Å². The van der Waals surface area contributed by atoms with E-state index in [2.05, 4.69) is 16.5 Å². The smallest absolute Gasteiger partial charge is 0.103 e. The molecule has 2 heterocycles. The zero-order valence-electron chi connectivity index (χ0n) is 13.7. The Kier molecular flexibility index (Phi) is 4.23. The Labute approximate surface area is 133 Å². The Balaban J connectivity index is 1.31. The molecule has 4 nitrogen and oxygen atoms in total. The second kappa shape index (κ2) is 6.32. The number of nitrogens with one attached hydrogen (secondary N) is 1. The molecule has 2 saturated carbocycles. The zero-order valence-corrected chi connectivity index (χ0v) is 13.7. The van der Waals surface area contributed by atoms with Crippen molar-refractivity contribution in [1.29, 1.82) is 0 Å². The summed E-state index contributed by atoms with van der Waals surface area (Å²) in [6.07, 6.45) is 11.9. The number of ether oxygens (including phenoxy) is 1. The molecule has 3 fully saturated rings. The monoisotopic (exact) mass is 303 g/mol. The van der Waals surface area contributed by atoms with E-state index in [0.717, 1.165) is 31.0 Å². The van der Waals surface area contributed by atoms with Crippen LogP contribution >= 0.6 is 0 Å². The van der Waals surface area contributed by atoms with Gasteiger partial charge in [0, 0.05) is 38.4 Å². The highest BCUT2D eigenvalue weighted by atomic mass is 16.5. The fraction of sp³-hybridized carbons (Fsp3) is 0.833. The van der Waals surface area contributed by atoms with E-state index < -0.39 is 0 Å². The average molecular weight is 303 g/mol. The molecule has 4 rings (SSSR count). The number of aromatic nitrogens is 2. The van der Waals surface area contributed by atoms with Gasteiger partial charge in [-0.2, -0.15) is 5.10 Å². The molecular formula is C18H29N3O. The topological polar surface area (TPSA) is 39.1 Å². The van der Waals surface area contributed by atoms with Gasteiger partial charge < -0.3 is 10.1 Å². The van der Waals surface area contributed by atoms with E-state index in [1.807, 2.05) is 17.9 Å². The number of rotatable bonds is 5. The highest BCUT2D eigenvalue weighted by molar-refractivity contribution is 5.08. The maximum atomic E-state index is 6.00. The first-order chi connectivity index (χ1) is 10.8. The molecule has 0 radical (unpaired) electrons. The van der Waals surface area contributed by atoms with Gasteiger partial charge in [0.05, 0.1) is 5.69 Å². The van der Waals surface area contributed by atoms with E-state index >= 15 is 0 Å². The third-order valence-corrected chi connectivity index (χ3v) is 6.04. The first-order valence-corrected chi connectivity index (χ1v) is 9.14. The fourth-order valence-corrected chi connectivity index (χ4v) is 4.56. The summed E-state index contributed by atoms with van der Waals surface area (Å²) in [7, 11) is 2.02. The summed E-state index contributed by atoms with van der Waals surface area (Å²) >= 11 is 0. The van der Waals surface area contributed by atoms with Crippen LogP contribution in [0.4, 0.5) is 0 Å². The Hall–Kier alpha value is -0.870. The van der Waals surface area contributed by atoms with Crippen molar-refractivity contribution >= 4 is 0 Å². The van der Waals surface area contributed by atoms with E-state index in [1.54, 1.807) is 0 Å². The lowest BCUT2D eigenvalue weighted by Crippen LogP contribution is -2.38. The fourth-order valence-electron chi connectivity index (χ4n) is 4.56. The highest BCUT2D eigenvalue weighted by Gasteiger charge is 2.36. The van der Waals surface area contributed by atoms with Crippen LogP contribution in [0.1, 0.15) is 56.7 Å². The van der Waals surface area contributed by atoms with E-state index in [9.17, 15) is 0 Å². The molecule has 4 atom stereocenters. The van der Waals surface area contributed by atoms with Crippen LogP contribution < -0.4 is 5.32 Å². The SMILES string of the molecule is Cn1nccc1[C@@H]1OCC[C@H]1CN[C@H]1CCC[C@H](C2CC2)C1. The number of aryl methyl sites for hydroxylation is 1. The molecule has 22 heavy (non-hydrogen) atoms. The third-order valence-electron chi connectivity index (χ3n) is 6.04. The minimum absolute atomic E-state index is 0.225. The van der Waals surface area contributed by atoms with Crippen molar-refractivity contribution in [2.24, 2.45) is 24.8 Å². The molecule has 122 valence electrons. The largest absolute Gasteiger partial charge is 0.372 e. The number of hydrogen-bond donors (Lipinski definition) is 1. The van der Waals surface area contributed by atoms with Crippen LogP contribution in [0.15, 0.2) is 12.3 Å². The van der Waals surface area contributed by atoms with Crippen molar-refractivity contribution < 1.29 is 4.74 Å². The average Bonchev–Trinajstić information content (AvgIpc) is 3.15. The number of nitrogens with zero attached hydrogens (tertiary/aromatic N) is 2. The summed E-state index contributed by atoms with van der Waals surface area (Å²) in [5.41, 5.74) is 1.23. The molecular weight excluding hydrogens is 274 g/mol. The van der Waals surface area contributed by atoms with Crippen LogP contribution in [0, 0.1) is 17.8 Å². The van der Waals surface area contributed by atoms with Crippen molar-refractivity contribution in [2.45, 2.75) is 57.1 Å². The molecule has 0 amide bonds. The Morgan fingerprint density at radius 1 is 1.23 bits per heavy atom.